The lowest BCUT2D eigenvalue weighted by atomic mass is 10.0. The van der Waals surface area contributed by atoms with Crippen LogP contribution in [0.3, 0.4) is 0 Å². The minimum atomic E-state index is -3.67. The van der Waals surface area contributed by atoms with Crippen LogP contribution in [-0.2, 0) is 34.2 Å². The molecule has 1 aromatic rings. The fourth-order valence-corrected chi connectivity index (χ4v) is 7.56. The number of likely N-dealkylation sites (tertiary alicyclic amines) is 1. The van der Waals surface area contributed by atoms with Crippen molar-refractivity contribution in [2.24, 2.45) is 0 Å². The molecule has 2 aliphatic rings. The summed E-state index contributed by atoms with van der Waals surface area (Å²) in [6.45, 7) is 6.44. The predicted molar refractivity (Wildman–Crippen MR) is 170 cm³/mol. The first-order chi connectivity index (χ1) is 20.3. The zero-order valence-corrected chi connectivity index (χ0v) is 28.1. The van der Waals surface area contributed by atoms with E-state index in [-0.39, 0.29) is 31.1 Å². The van der Waals surface area contributed by atoms with Crippen LogP contribution in [0.1, 0.15) is 122 Å². The van der Waals surface area contributed by atoms with E-state index in [2.05, 4.69) is 21.0 Å². The average molecular weight is 611 g/mol. The van der Waals surface area contributed by atoms with E-state index >= 15 is 0 Å². The van der Waals surface area contributed by atoms with E-state index in [9.17, 15) is 4.57 Å². The highest BCUT2D eigenvalue weighted by atomic mass is 31.2. The van der Waals surface area contributed by atoms with Crippen molar-refractivity contribution in [3.63, 3.8) is 0 Å². The van der Waals surface area contributed by atoms with Crippen molar-refractivity contribution in [3.8, 4) is 0 Å². The summed E-state index contributed by atoms with van der Waals surface area (Å²) in [7, 11) is 0.539. The zero-order chi connectivity index (χ0) is 30.1. The SMILES string of the molecule is CCCCCCCCCCCCCCCCOC(C)C(COP1(=O)OC2CC[N+](C)(C)C(C2)O1)OCc1ccccc1. The number of benzene rings is 1. The molecular formula is C34H61NO6P+. The molecule has 42 heavy (non-hydrogen) atoms. The fourth-order valence-electron chi connectivity index (χ4n) is 5.87. The average Bonchev–Trinajstić information content (AvgIpc) is 2.97. The Morgan fingerprint density at radius 2 is 1.45 bits per heavy atom. The molecule has 8 heteroatoms. The van der Waals surface area contributed by atoms with Crippen LogP contribution in [0.25, 0.3) is 0 Å². The molecule has 2 heterocycles. The van der Waals surface area contributed by atoms with E-state index in [4.69, 9.17) is 23.0 Å². The second-order valence-corrected chi connectivity index (χ2v) is 14.6. The first-order valence-corrected chi connectivity index (χ1v) is 18.5. The van der Waals surface area contributed by atoms with Gasteiger partial charge in [-0.1, -0.05) is 121 Å². The summed E-state index contributed by atoms with van der Waals surface area (Å²) < 4.78 is 44.2. The molecule has 5 unspecified atom stereocenters. The molecule has 0 amide bonds. The third kappa shape index (κ3) is 13.5. The highest BCUT2D eigenvalue weighted by molar-refractivity contribution is 7.48. The maximum Gasteiger partial charge on any atom is 0.479 e. The van der Waals surface area contributed by atoms with E-state index in [1.54, 1.807) is 0 Å². The Bertz CT molecular complexity index is 884. The van der Waals surface area contributed by atoms with Gasteiger partial charge in [-0.15, -0.1) is 0 Å². The third-order valence-electron chi connectivity index (χ3n) is 8.91. The first-order valence-electron chi connectivity index (χ1n) is 17.0. The van der Waals surface area contributed by atoms with Crippen LogP contribution < -0.4 is 0 Å². The largest absolute Gasteiger partial charge is 0.479 e. The topological polar surface area (TPSA) is 63.2 Å². The third-order valence-corrected chi connectivity index (χ3v) is 10.4. The number of fused-ring (bicyclic) bond motifs is 2. The molecule has 0 spiro atoms. The Morgan fingerprint density at radius 1 is 0.857 bits per heavy atom. The summed E-state index contributed by atoms with van der Waals surface area (Å²) in [6.07, 6.45) is 19.4. The Morgan fingerprint density at radius 3 is 2.07 bits per heavy atom. The van der Waals surface area contributed by atoms with E-state index in [0.717, 1.165) is 31.4 Å². The molecule has 2 fully saturated rings. The second-order valence-electron chi connectivity index (χ2n) is 13.1. The lowest BCUT2D eigenvalue weighted by Gasteiger charge is -2.47. The molecule has 5 atom stereocenters. The molecule has 0 radical (unpaired) electrons. The summed E-state index contributed by atoms with van der Waals surface area (Å²) in [5, 5.41) is 0. The van der Waals surface area contributed by atoms with Gasteiger partial charge < -0.3 is 14.0 Å². The number of piperidine rings is 1. The molecule has 0 aromatic heterocycles. The molecule has 7 nitrogen and oxygen atoms in total. The van der Waals surface area contributed by atoms with Crippen molar-refractivity contribution in [1.29, 1.82) is 0 Å². The number of nitrogens with zero attached hydrogens (tertiary/aromatic N) is 1. The quantitative estimate of drug-likeness (QED) is 0.0699. The van der Waals surface area contributed by atoms with E-state index < -0.39 is 7.82 Å². The molecule has 0 aliphatic carbocycles. The first kappa shape index (κ1) is 35.7. The summed E-state index contributed by atoms with van der Waals surface area (Å²) in [5.41, 5.74) is 1.08. The molecule has 2 bridgehead atoms. The van der Waals surface area contributed by atoms with Gasteiger partial charge in [0.25, 0.3) is 0 Å². The molecule has 2 aliphatic heterocycles. The van der Waals surface area contributed by atoms with Gasteiger partial charge in [0, 0.05) is 13.0 Å². The van der Waals surface area contributed by atoms with Gasteiger partial charge in [-0.3, -0.25) is 9.05 Å². The number of hydrogen-bond acceptors (Lipinski definition) is 6. The molecule has 3 rings (SSSR count). The lowest BCUT2D eigenvalue weighted by molar-refractivity contribution is -0.941. The Labute approximate surface area is 257 Å². The molecular weight excluding hydrogens is 549 g/mol. The number of hydrogen-bond donors (Lipinski definition) is 0. The van der Waals surface area contributed by atoms with Gasteiger partial charge in [0.2, 0.25) is 6.23 Å². The minimum absolute atomic E-state index is 0.0848. The van der Waals surface area contributed by atoms with Gasteiger partial charge in [-0.2, -0.15) is 0 Å². The van der Waals surface area contributed by atoms with Gasteiger partial charge in [0.15, 0.2) is 0 Å². The van der Waals surface area contributed by atoms with Crippen molar-refractivity contribution in [3.05, 3.63) is 35.9 Å². The maximum atomic E-state index is 13.5. The van der Waals surface area contributed by atoms with Crippen LogP contribution in [0.2, 0.25) is 0 Å². The monoisotopic (exact) mass is 610 g/mol. The predicted octanol–water partition coefficient (Wildman–Crippen LogP) is 9.19. The van der Waals surface area contributed by atoms with Crippen molar-refractivity contribution in [1.82, 2.24) is 0 Å². The molecule has 0 N–H and O–H groups in total. The van der Waals surface area contributed by atoms with Gasteiger partial charge in [-0.25, -0.2) is 9.09 Å². The number of ether oxygens (including phenoxy) is 2. The van der Waals surface area contributed by atoms with E-state index in [0.29, 0.717) is 17.7 Å². The summed E-state index contributed by atoms with van der Waals surface area (Å²) in [5.74, 6) is 0. The number of phosphoric acid groups is 1. The van der Waals surface area contributed by atoms with Gasteiger partial charge in [0.05, 0.1) is 52.5 Å². The van der Waals surface area contributed by atoms with Crippen molar-refractivity contribution in [2.45, 2.75) is 148 Å². The Kier molecular flexibility index (Phi) is 16.6. The second kappa shape index (κ2) is 19.6. The van der Waals surface area contributed by atoms with Gasteiger partial charge >= 0.3 is 7.82 Å². The smallest absolute Gasteiger partial charge is 0.376 e. The van der Waals surface area contributed by atoms with Crippen LogP contribution >= 0.6 is 7.82 Å². The highest BCUT2D eigenvalue weighted by Gasteiger charge is 2.50. The van der Waals surface area contributed by atoms with Crippen LogP contribution in [0.4, 0.5) is 0 Å². The summed E-state index contributed by atoms with van der Waals surface area (Å²) >= 11 is 0. The van der Waals surface area contributed by atoms with Crippen LogP contribution in [0.5, 0.6) is 0 Å². The molecule has 1 aromatic carbocycles. The van der Waals surface area contributed by atoms with Crippen LogP contribution in [0.15, 0.2) is 30.3 Å². The van der Waals surface area contributed by atoms with E-state index in [1.165, 1.54) is 83.5 Å². The Hall–Kier alpha value is -0.790. The summed E-state index contributed by atoms with van der Waals surface area (Å²) in [6, 6.07) is 10.1. The van der Waals surface area contributed by atoms with Gasteiger partial charge in [-0.05, 0) is 18.9 Å². The number of quaternary nitrogens is 1. The van der Waals surface area contributed by atoms with E-state index in [1.807, 2.05) is 37.3 Å². The standard InChI is InChI=1S/C34H61NO6P/c1-5-6-7-8-9-10-11-12-13-14-15-16-17-21-26-37-30(2)33(38-28-31-22-19-18-20-23-31)29-39-42(36)40-32-24-25-35(3,4)34(27-32)41-42/h18-20,22-23,30,32-34H,5-17,21,24-29H2,1-4H3/q+1. The highest BCUT2D eigenvalue weighted by Crippen LogP contribution is 2.58. The molecule has 0 saturated carbocycles. The number of phosphoric ester groups is 1. The van der Waals surface area contributed by atoms with Crippen molar-refractivity contribution < 1.29 is 32.1 Å². The normalized spacial score (nSPS) is 24.9. The zero-order valence-electron chi connectivity index (χ0n) is 27.2. The van der Waals surface area contributed by atoms with Crippen LogP contribution in [0, 0.1) is 0 Å². The minimum Gasteiger partial charge on any atom is -0.376 e. The molecule has 242 valence electrons. The lowest BCUT2D eigenvalue weighted by Crippen LogP contribution is -2.58. The van der Waals surface area contributed by atoms with Crippen molar-refractivity contribution in [2.75, 3.05) is 33.9 Å². The van der Waals surface area contributed by atoms with Gasteiger partial charge in [0.1, 0.15) is 6.10 Å². The van der Waals surface area contributed by atoms with Crippen molar-refractivity contribution >= 4 is 7.82 Å². The summed E-state index contributed by atoms with van der Waals surface area (Å²) in [4.78, 5) is 0. The maximum absolute atomic E-state index is 13.5. The Balaban J connectivity index is 1.33. The number of unbranched alkanes of at least 4 members (excludes halogenated alkanes) is 13. The number of rotatable bonds is 23. The fraction of sp³-hybridized carbons (Fsp3) is 0.824. The van der Waals surface area contributed by atoms with Crippen LogP contribution in [-0.4, -0.2) is 62.9 Å². The molecule has 2 saturated heterocycles.